The Balaban J connectivity index is 2.79. The first-order valence-corrected chi connectivity index (χ1v) is 4.07. The predicted molar refractivity (Wildman–Crippen MR) is 45.4 cm³/mol. The second kappa shape index (κ2) is 2.37. The zero-order valence-corrected chi connectivity index (χ0v) is 6.48. The molecule has 0 unspecified atom stereocenters. The molecule has 0 atom stereocenters. The summed E-state index contributed by atoms with van der Waals surface area (Å²) in [6, 6.07) is 7.71. The van der Waals surface area contributed by atoms with Gasteiger partial charge in [-0.15, -0.1) is 11.3 Å². The third-order valence-corrected chi connectivity index (χ3v) is 2.24. The maximum atomic E-state index is 8.58. The lowest BCUT2D eigenvalue weighted by Gasteiger charge is -1.87. The number of benzene rings is 1. The second-order valence-electron chi connectivity index (χ2n) is 2.25. The molecule has 2 rings (SSSR count). The minimum atomic E-state index is 0.712. The topological polar surface area (TPSA) is 23.8 Å². The van der Waals surface area contributed by atoms with E-state index in [1.165, 1.54) is 11.3 Å². The van der Waals surface area contributed by atoms with Crippen molar-refractivity contribution >= 4 is 22.1 Å². The summed E-state index contributed by atoms with van der Waals surface area (Å²) in [5.41, 5.74) is 0.712. The molecule has 2 heteroatoms. The Kier molecular flexibility index (Phi) is 1.38. The molecule has 0 saturated heterocycles. The van der Waals surface area contributed by atoms with Crippen molar-refractivity contribution < 1.29 is 0 Å². The summed E-state index contributed by atoms with van der Waals surface area (Å²) in [4.78, 5) is 0. The van der Waals surface area contributed by atoms with Crippen molar-refractivity contribution in [2.45, 2.75) is 0 Å². The molecule has 0 fully saturated rings. The summed E-state index contributed by atoms with van der Waals surface area (Å²) in [5.74, 6) is 0. The lowest BCUT2D eigenvalue weighted by Crippen LogP contribution is -1.70. The van der Waals surface area contributed by atoms with Gasteiger partial charge in [0.15, 0.2) is 0 Å². The summed E-state index contributed by atoms with van der Waals surface area (Å²) in [5, 5.41) is 15.9. The van der Waals surface area contributed by atoms with Crippen LogP contribution in [0.2, 0.25) is 0 Å². The van der Waals surface area contributed by atoms with Crippen molar-refractivity contribution in [3.05, 3.63) is 34.5 Å². The van der Waals surface area contributed by atoms with E-state index in [1.807, 2.05) is 23.6 Å². The molecule has 0 saturated carbocycles. The van der Waals surface area contributed by atoms with Crippen LogP contribution in [0, 0.1) is 16.7 Å². The van der Waals surface area contributed by atoms with Gasteiger partial charge in [0.1, 0.15) is 0 Å². The quantitative estimate of drug-likeness (QED) is 0.578. The van der Waals surface area contributed by atoms with E-state index in [-0.39, 0.29) is 0 Å². The van der Waals surface area contributed by atoms with Gasteiger partial charge in [-0.05, 0) is 22.9 Å². The fraction of sp³-hybridized carbons (Fsp3) is 0. The lowest BCUT2D eigenvalue weighted by atomic mass is 10.1. The minimum absolute atomic E-state index is 0.712. The molecule has 1 radical (unpaired) electrons. The molecule has 0 bridgehead atoms. The molecule has 0 spiro atoms. The SMILES string of the molecule is N#Cc1ccc2[c]scc2c1. The third-order valence-electron chi connectivity index (χ3n) is 1.54. The van der Waals surface area contributed by atoms with Gasteiger partial charge < -0.3 is 0 Å². The smallest absolute Gasteiger partial charge is 0.0991 e. The Labute approximate surface area is 68.5 Å². The molecule has 0 amide bonds. The highest BCUT2D eigenvalue weighted by molar-refractivity contribution is 7.08. The largest absolute Gasteiger partial charge is 0.192 e. The molecule has 0 aliphatic heterocycles. The van der Waals surface area contributed by atoms with Crippen LogP contribution in [0.3, 0.4) is 0 Å². The number of hydrogen-bond donors (Lipinski definition) is 0. The average molecular weight is 158 g/mol. The molecular weight excluding hydrogens is 154 g/mol. The van der Waals surface area contributed by atoms with Gasteiger partial charge in [0.05, 0.1) is 17.0 Å². The maximum Gasteiger partial charge on any atom is 0.0991 e. The summed E-state index contributed by atoms with van der Waals surface area (Å²) in [6.45, 7) is 0. The van der Waals surface area contributed by atoms with Gasteiger partial charge in [-0.2, -0.15) is 5.26 Å². The zero-order valence-electron chi connectivity index (χ0n) is 5.66. The van der Waals surface area contributed by atoms with Crippen molar-refractivity contribution in [2.24, 2.45) is 0 Å². The van der Waals surface area contributed by atoms with Crippen LogP contribution in [0.4, 0.5) is 0 Å². The van der Waals surface area contributed by atoms with E-state index >= 15 is 0 Å². The van der Waals surface area contributed by atoms with Crippen molar-refractivity contribution in [3.63, 3.8) is 0 Å². The molecule has 0 N–H and O–H groups in total. The number of hydrogen-bond acceptors (Lipinski definition) is 2. The first kappa shape index (κ1) is 6.38. The molecular formula is C9H4NS. The molecule has 0 aliphatic rings. The molecule has 1 aromatic carbocycles. The van der Waals surface area contributed by atoms with Crippen LogP contribution in [0.25, 0.3) is 10.8 Å². The highest BCUT2D eigenvalue weighted by Gasteiger charge is 1.95. The number of rotatable bonds is 0. The van der Waals surface area contributed by atoms with Crippen LogP contribution in [0.15, 0.2) is 23.6 Å². The van der Waals surface area contributed by atoms with Gasteiger partial charge in [0, 0.05) is 5.39 Å². The number of fused-ring (bicyclic) bond motifs is 1. The number of nitrogens with zero attached hydrogens (tertiary/aromatic N) is 1. The van der Waals surface area contributed by atoms with Gasteiger partial charge in [0.2, 0.25) is 0 Å². The van der Waals surface area contributed by atoms with Crippen molar-refractivity contribution in [1.82, 2.24) is 0 Å². The van der Waals surface area contributed by atoms with Crippen LogP contribution >= 0.6 is 11.3 Å². The summed E-state index contributed by atoms with van der Waals surface area (Å²) in [7, 11) is 0. The summed E-state index contributed by atoms with van der Waals surface area (Å²) >= 11 is 1.54. The molecule has 0 aliphatic carbocycles. The van der Waals surface area contributed by atoms with Gasteiger partial charge in [-0.3, -0.25) is 0 Å². The van der Waals surface area contributed by atoms with Gasteiger partial charge >= 0.3 is 0 Å². The van der Waals surface area contributed by atoms with Crippen LogP contribution in [-0.2, 0) is 0 Å². The molecule has 1 nitrogen and oxygen atoms in total. The molecule has 2 aromatic rings. The van der Waals surface area contributed by atoms with Crippen molar-refractivity contribution in [3.8, 4) is 6.07 Å². The third kappa shape index (κ3) is 0.997. The first-order valence-electron chi connectivity index (χ1n) is 3.19. The van der Waals surface area contributed by atoms with E-state index in [0.29, 0.717) is 5.56 Å². The first-order chi connectivity index (χ1) is 5.40. The van der Waals surface area contributed by atoms with Gasteiger partial charge in [-0.1, -0.05) is 6.07 Å². The van der Waals surface area contributed by atoms with Gasteiger partial charge in [-0.25, -0.2) is 0 Å². The Hall–Kier alpha value is -1.33. The van der Waals surface area contributed by atoms with Crippen LogP contribution in [-0.4, -0.2) is 0 Å². The van der Waals surface area contributed by atoms with E-state index in [9.17, 15) is 0 Å². The fourth-order valence-electron chi connectivity index (χ4n) is 0.979. The van der Waals surface area contributed by atoms with Crippen LogP contribution in [0.5, 0.6) is 0 Å². The monoisotopic (exact) mass is 158 g/mol. The minimum Gasteiger partial charge on any atom is -0.192 e. The van der Waals surface area contributed by atoms with E-state index in [4.69, 9.17) is 5.26 Å². The zero-order chi connectivity index (χ0) is 7.68. The fourth-order valence-corrected chi connectivity index (χ4v) is 1.67. The number of thiophene rings is 1. The molecule has 51 valence electrons. The van der Waals surface area contributed by atoms with Crippen molar-refractivity contribution in [1.29, 1.82) is 5.26 Å². The average Bonchev–Trinajstić information content (AvgIpc) is 2.50. The summed E-state index contributed by atoms with van der Waals surface area (Å²) in [6.07, 6.45) is 0. The van der Waals surface area contributed by atoms with Gasteiger partial charge in [0.25, 0.3) is 0 Å². The van der Waals surface area contributed by atoms with Crippen molar-refractivity contribution in [2.75, 3.05) is 0 Å². The predicted octanol–water partition coefficient (Wildman–Crippen LogP) is 2.57. The normalized spacial score (nSPS) is 9.73. The van der Waals surface area contributed by atoms with Crippen LogP contribution < -0.4 is 0 Å². The Morgan fingerprint density at radius 1 is 1.45 bits per heavy atom. The molecule has 1 heterocycles. The Morgan fingerprint density at radius 3 is 3.18 bits per heavy atom. The highest BCUT2D eigenvalue weighted by Crippen LogP contribution is 2.18. The maximum absolute atomic E-state index is 8.58. The standard InChI is InChI=1S/C9H4NS/c10-4-7-1-2-8-5-11-6-9(8)3-7/h1-3,6H. The Morgan fingerprint density at radius 2 is 2.36 bits per heavy atom. The highest BCUT2D eigenvalue weighted by atomic mass is 32.1. The van der Waals surface area contributed by atoms with E-state index in [0.717, 1.165) is 10.8 Å². The van der Waals surface area contributed by atoms with E-state index in [1.54, 1.807) is 0 Å². The van der Waals surface area contributed by atoms with E-state index in [2.05, 4.69) is 11.4 Å². The second-order valence-corrected chi connectivity index (χ2v) is 2.93. The molecule has 11 heavy (non-hydrogen) atoms. The number of nitriles is 1. The van der Waals surface area contributed by atoms with Crippen LogP contribution in [0.1, 0.15) is 5.56 Å². The Bertz CT molecular complexity index is 422. The molecule has 1 aromatic heterocycles. The summed E-state index contributed by atoms with van der Waals surface area (Å²) < 4.78 is 0. The lowest BCUT2D eigenvalue weighted by molar-refractivity contribution is 1.50. The van der Waals surface area contributed by atoms with E-state index < -0.39 is 0 Å².